The fourth-order valence-electron chi connectivity index (χ4n) is 5.80. The molecule has 0 aliphatic rings. The second-order valence-corrected chi connectivity index (χ2v) is 14.1. The van der Waals surface area contributed by atoms with Crippen molar-refractivity contribution in [1.29, 1.82) is 5.26 Å². The molecule has 0 saturated carbocycles. The molecule has 0 N–H and O–H groups in total. The standard InChI is InChI=1S/C28H35BNS/c1-19-14-21(3)27(22(4)15-19)29(18-30,28-23(5)16-20(2)17-24(28)6)25-12-10-11-13-26(25)31(7,8)9/h10-17H,1-9H3/q-1. The van der Waals surface area contributed by atoms with Crippen LogP contribution in [0.1, 0.15) is 33.4 Å². The lowest BCUT2D eigenvalue weighted by molar-refractivity contribution is 1.33. The van der Waals surface area contributed by atoms with Gasteiger partial charge in [0, 0.05) is 0 Å². The summed E-state index contributed by atoms with van der Waals surface area (Å²) < 4.78 is 0. The third-order valence-electron chi connectivity index (χ3n) is 6.58. The van der Waals surface area contributed by atoms with Crippen LogP contribution in [0.2, 0.25) is 0 Å². The van der Waals surface area contributed by atoms with Gasteiger partial charge in [-0.05, 0) is 65.2 Å². The minimum absolute atomic E-state index is 1.05. The molecule has 0 unspecified atom stereocenters. The monoisotopic (exact) mass is 428 g/mol. The SMILES string of the molecule is Cc1cc(C)c([B-](C#N)(c2ccccc2S(C)(C)C)c2c(C)cc(C)cc2C)c(C)c1. The third kappa shape index (κ3) is 3.95. The molecule has 0 aliphatic carbocycles. The van der Waals surface area contributed by atoms with Crippen LogP contribution in [0.4, 0.5) is 0 Å². The van der Waals surface area contributed by atoms with Crippen LogP contribution in [-0.4, -0.2) is 24.9 Å². The minimum Gasteiger partial charge on any atom is -0.248 e. The van der Waals surface area contributed by atoms with Crippen LogP contribution in [0.3, 0.4) is 0 Å². The molecule has 0 aliphatic heterocycles. The first-order valence-corrected chi connectivity index (χ1v) is 13.8. The summed E-state index contributed by atoms with van der Waals surface area (Å²) in [5.74, 6) is 2.96. The molecule has 3 rings (SSSR count). The molecule has 0 radical (unpaired) electrons. The summed E-state index contributed by atoms with van der Waals surface area (Å²) in [6.45, 7) is 13.0. The fourth-order valence-corrected chi connectivity index (χ4v) is 7.24. The molecule has 0 spiro atoms. The first-order valence-electron chi connectivity index (χ1n) is 10.9. The van der Waals surface area contributed by atoms with E-state index in [1.807, 2.05) is 0 Å². The van der Waals surface area contributed by atoms with Gasteiger partial charge in [0.15, 0.2) is 6.15 Å². The van der Waals surface area contributed by atoms with Gasteiger partial charge in [0.05, 0.1) is 0 Å². The van der Waals surface area contributed by atoms with Crippen LogP contribution in [0.25, 0.3) is 0 Å². The summed E-state index contributed by atoms with van der Waals surface area (Å²) in [5.41, 5.74) is 10.9. The molecule has 0 aromatic heterocycles. The Balaban J connectivity index is 2.63. The highest BCUT2D eigenvalue weighted by Crippen LogP contribution is 2.44. The predicted molar refractivity (Wildman–Crippen MR) is 142 cm³/mol. The van der Waals surface area contributed by atoms with E-state index in [0.29, 0.717) is 0 Å². The molecule has 31 heavy (non-hydrogen) atoms. The Morgan fingerprint density at radius 2 is 1.06 bits per heavy atom. The molecule has 0 atom stereocenters. The van der Waals surface area contributed by atoms with Crippen LogP contribution in [0.5, 0.6) is 0 Å². The lowest BCUT2D eigenvalue weighted by Crippen LogP contribution is -2.70. The topological polar surface area (TPSA) is 23.8 Å². The molecule has 162 valence electrons. The quantitative estimate of drug-likeness (QED) is 0.529. The van der Waals surface area contributed by atoms with E-state index < -0.39 is 16.2 Å². The van der Waals surface area contributed by atoms with Crippen LogP contribution >= 0.6 is 10.0 Å². The van der Waals surface area contributed by atoms with Crippen LogP contribution in [0.15, 0.2) is 53.4 Å². The molecular formula is C28H35BNS-. The van der Waals surface area contributed by atoms with E-state index in [9.17, 15) is 5.26 Å². The maximum atomic E-state index is 11.2. The average molecular weight is 428 g/mol. The lowest BCUT2D eigenvalue weighted by Gasteiger charge is -2.45. The van der Waals surface area contributed by atoms with Gasteiger partial charge in [-0.15, -0.1) is 5.97 Å². The van der Waals surface area contributed by atoms with E-state index in [1.165, 1.54) is 54.7 Å². The Morgan fingerprint density at radius 3 is 1.42 bits per heavy atom. The molecule has 3 aromatic rings. The van der Waals surface area contributed by atoms with Crippen LogP contribution in [-0.2, 0) is 0 Å². The van der Waals surface area contributed by atoms with Gasteiger partial charge in [-0.1, -0.05) is 81.9 Å². The summed E-state index contributed by atoms with van der Waals surface area (Å²) in [7, 11) is -1.05. The van der Waals surface area contributed by atoms with E-state index in [0.717, 1.165) is 0 Å². The van der Waals surface area contributed by atoms with E-state index in [4.69, 9.17) is 0 Å². The average Bonchev–Trinajstić information content (AvgIpc) is 2.64. The van der Waals surface area contributed by atoms with Gasteiger partial charge in [0.25, 0.3) is 0 Å². The van der Waals surface area contributed by atoms with Crippen LogP contribution in [0, 0.1) is 52.8 Å². The van der Waals surface area contributed by atoms with Crippen molar-refractivity contribution in [2.75, 3.05) is 18.8 Å². The Kier molecular flexibility index (Phi) is 6.18. The van der Waals surface area contributed by atoms with E-state index in [1.54, 1.807) is 0 Å². The second kappa shape index (κ2) is 8.25. The van der Waals surface area contributed by atoms with Gasteiger partial charge in [0.2, 0.25) is 0 Å². The lowest BCUT2D eigenvalue weighted by atomic mass is 9.15. The molecule has 3 heteroatoms. The Morgan fingerprint density at radius 1 is 0.677 bits per heavy atom. The summed E-state index contributed by atoms with van der Waals surface area (Å²) in [6, 6.07) is 17.6. The molecule has 0 amide bonds. The van der Waals surface area contributed by atoms with E-state index in [2.05, 4.69) is 115 Å². The van der Waals surface area contributed by atoms with Crippen molar-refractivity contribution in [3.05, 3.63) is 81.9 Å². The van der Waals surface area contributed by atoms with Gasteiger partial charge < -0.3 is 0 Å². The minimum atomic E-state index is -1.80. The van der Waals surface area contributed by atoms with Gasteiger partial charge >= 0.3 is 0 Å². The van der Waals surface area contributed by atoms with Gasteiger partial charge in [0.1, 0.15) is 0 Å². The van der Waals surface area contributed by atoms with Crippen molar-refractivity contribution in [2.24, 2.45) is 0 Å². The zero-order valence-electron chi connectivity index (χ0n) is 20.6. The van der Waals surface area contributed by atoms with Crippen molar-refractivity contribution in [2.45, 2.75) is 46.4 Å². The number of hydrogen-bond donors (Lipinski definition) is 0. The summed E-state index contributed by atoms with van der Waals surface area (Å²) >= 11 is 0. The largest absolute Gasteiger partial charge is 0.248 e. The van der Waals surface area contributed by atoms with Gasteiger partial charge in [-0.3, -0.25) is 0 Å². The summed E-state index contributed by atoms with van der Waals surface area (Å²) in [5, 5.41) is 11.2. The third-order valence-corrected chi connectivity index (χ3v) is 8.27. The number of hydrogen-bond acceptors (Lipinski definition) is 1. The van der Waals surface area contributed by atoms with Gasteiger partial charge in [-0.2, -0.15) is 16.4 Å². The Bertz CT molecular complexity index is 1090. The Hall–Kier alpha value is -2.44. The van der Waals surface area contributed by atoms with Crippen molar-refractivity contribution in [3.8, 4) is 5.97 Å². The molecule has 0 heterocycles. The Labute approximate surface area is 190 Å². The molecule has 1 nitrogen and oxygen atoms in total. The van der Waals surface area contributed by atoms with Crippen molar-refractivity contribution in [3.63, 3.8) is 0 Å². The summed E-state index contributed by atoms with van der Waals surface area (Å²) in [6.07, 6.45) is 5.18. The molecule has 0 bridgehead atoms. The first kappa shape index (κ1) is 23.2. The fraction of sp³-hybridized carbons (Fsp3) is 0.321. The number of aryl methyl sites for hydroxylation is 6. The second-order valence-electron chi connectivity index (χ2n) is 9.99. The van der Waals surface area contributed by atoms with Gasteiger partial charge in [-0.25, -0.2) is 15.3 Å². The van der Waals surface area contributed by atoms with E-state index >= 15 is 0 Å². The number of nitrogens with zero attached hydrogens (tertiary/aromatic N) is 1. The molecular weight excluding hydrogens is 393 g/mol. The highest BCUT2D eigenvalue weighted by molar-refractivity contribution is 8.32. The zero-order chi connectivity index (χ0) is 23.1. The van der Waals surface area contributed by atoms with E-state index in [-0.39, 0.29) is 0 Å². The zero-order valence-corrected chi connectivity index (χ0v) is 21.4. The highest BCUT2D eigenvalue weighted by atomic mass is 32.3. The first-order chi connectivity index (χ1) is 14.4. The number of nitriles is 1. The normalized spacial score (nSPS) is 12.5. The predicted octanol–water partition coefficient (Wildman–Crippen LogP) is 5.12. The maximum absolute atomic E-state index is 11.2. The smallest absolute Gasteiger partial charge is 0.185 e. The molecule has 3 aromatic carbocycles. The van der Waals surface area contributed by atoms with Crippen molar-refractivity contribution in [1.82, 2.24) is 0 Å². The number of rotatable bonds is 4. The maximum Gasteiger partial charge on any atom is 0.185 e. The molecule has 0 saturated heterocycles. The number of benzene rings is 3. The highest BCUT2D eigenvalue weighted by Gasteiger charge is 2.37. The van der Waals surface area contributed by atoms with Crippen LogP contribution < -0.4 is 16.4 Å². The van der Waals surface area contributed by atoms with Crippen molar-refractivity contribution >= 4 is 32.6 Å². The van der Waals surface area contributed by atoms with Crippen molar-refractivity contribution < 1.29 is 0 Å². The molecule has 0 fully saturated rings. The summed E-state index contributed by atoms with van der Waals surface area (Å²) in [4.78, 5) is 1.33.